The van der Waals surface area contributed by atoms with Crippen molar-refractivity contribution in [1.82, 2.24) is 15.3 Å². The summed E-state index contributed by atoms with van der Waals surface area (Å²) in [5.74, 6) is 0.154. The molecule has 0 saturated heterocycles. The quantitative estimate of drug-likeness (QED) is 0.657. The van der Waals surface area contributed by atoms with Crippen LogP contribution in [0.4, 0.5) is 0 Å². The number of nitrogens with zero attached hydrogens (tertiary/aromatic N) is 2. The Morgan fingerprint density at radius 1 is 1.50 bits per heavy atom. The molecular weight excluding hydrogens is 298 g/mol. The normalized spacial score (nSPS) is 22.6. The lowest BCUT2D eigenvalue weighted by Crippen LogP contribution is -2.32. The third kappa shape index (κ3) is 4.07. The molecule has 2 rings (SSSR count). The van der Waals surface area contributed by atoms with Crippen molar-refractivity contribution in [1.29, 1.82) is 0 Å². The van der Waals surface area contributed by atoms with Crippen molar-refractivity contribution >= 4 is 29.3 Å². The van der Waals surface area contributed by atoms with Crippen molar-refractivity contribution in [3.05, 3.63) is 16.9 Å². The summed E-state index contributed by atoms with van der Waals surface area (Å²) in [6, 6.07) is 0. The van der Waals surface area contributed by atoms with Crippen LogP contribution in [0.5, 0.6) is 0 Å². The Hall–Kier alpha value is -0.850. The zero-order valence-corrected chi connectivity index (χ0v) is 12.9. The van der Waals surface area contributed by atoms with Gasteiger partial charge in [0.05, 0.1) is 17.3 Å². The zero-order valence-electron chi connectivity index (χ0n) is 11.3. The van der Waals surface area contributed by atoms with Crippen LogP contribution in [-0.4, -0.2) is 39.9 Å². The topological polar surface area (TPSA) is 75.1 Å². The van der Waals surface area contributed by atoms with E-state index < -0.39 is 0 Å². The maximum atomic E-state index is 12.1. The first kappa shape index (κ1) is 15.5. The number of thioether (sulfide) groups is 1. The molecule has 0 bridgehead atoms. The molecule has 0 aliphatic heterocycles. The van der Waals surface area contributed by atoms with E-state index >= 15 is 0 Å². The van der Waals surface area contributed by atoms with E-state index in [-0.39, 0.29) is 22.7 Å². The molecule has 5 nitrogen and oxygen atoms in total. The Bertz CT molecular complexity index is 479. The summed E-state index contributed by atoms with van der Waals surface area (Å²) >= 11 is 7.33. The molecule has 1 heterocycles. The summed E-state index contributed by atoms with van der Waals surface area (Å²) in [5.41, 5.74) is 0.224. The summed E-state index contributed by atoms with van der Waals surface area (Å²) < 4.78 is 0. The van der Waals surface area contributed by atoms with Crippen molar-refractivity contribution in [2.45, 2.75) is 36.9 Å². The van der Waals surface area contributed by atoms with Gasteiger partial charge in [0.25, 0.3) is 5.91 Å². The van der Waals surface area contributed by atoms with Gasteiger partial charge in [0, 0.05) is 6.54 Å². The first-order chi connectivity index (χ1) is 9.60. The number of carbonyl (C=O) groups excluding carboxylic acids is 1. The molecule has 0 atom stereocenters. The van der Waals surface area contributed by atoms with Gasteiger partial charge in [-0.2, -0.15) is 0 Å². The number of amides is 1. The lowest BCUT2D eigenvalue weighted by molar-refractivity contribution is 0.0905. The first-order valence-corrected chi connectivity index (χ1v) is 8.23. The van der Waals surface area contributed by atoms with Gasteiger partial charge in [0.15, 0.2) is 10.9 Å². The molecule has 7 heteroatoms. The van der Waals surface area contributed by atoms with Crippen LogP contribution in [0.15, 0.2) is 11.4 Å². The van der Waals surface area contributed by atoms with Crippen LogP contribution in [0.2, 0.25) is 5.02 Å². The maximum Gasteiger partial charge on any atom is 0.271 e. The second-order valence-corrected chi connectivity index (χ2v) is 6.12. The third-order valence-electron chi connectivity index (χ3n) is 3.49. The van der Waals surface area contributed by atoms with Crippen LogP contribution in [0, 0.1) is 5.92 Å². The molecule has 1 amide bonds. The highest BCUT2D eigenvalue weighted by molar-refractivity contribution is 7.98. The van der Waals surface area contributed by atoms with E-state index in [0.29, 0.717) is 17.6 Å². The van der Waals surface area contributed by atoms with Crippen LogP contribution < -0.4 is 5.32 Å². The lowest BCUT2D eigenvalue weighted by atomic mass is 9.87. The molecule has 0 unspecified atom stereocenters. The van der Waals surface area contributed by atoms with Crippen LogP contribution in [0.1, 0.15) is 36.2 Å². The van der Waals surface area contributed by atoms with Gasteiger partial charge in [-0.1, -0.05) is 23.4 Å². The maximum absolute atomic E-state index is 12.1. The molecule has 1 aromatic heterocycles. The molecule has 1 fully saturated rings. The summed E-state index contributed by atoms with van der Waals surface area (Å²) in [6.07, 6.45) is 6.62. The van der Waals surface area contributed by atoms with Gasteiger partial charge in [-0.3, -0.25) is 4.79 Å². The number of carbonyl (C=O) groups is 1. The average molecular weight is 316 g/mol. The van der Waals surface area contributed by atoms with E-state index in [9.17, 15) is 9.90 Å². The second kappa shape index (κ2) is 7.24. The molecule has 1 aliphatic rings. The molecule has 0 radical (unpaired) electrons. The van der Waals surface area contributed by atoms with E-state index in [2.05, 4.69) is 15.3 Å². The van der Waals surface area contributed by atoms with Crippen LogP contribution in [-0.2, 0) is 0 Å². The minimum absolute atomic E-state index is 0.178. The van der Waals surface area contributed by atoms with Crippen LogP contribution >= 0.6 is 23.4 Å². The monoisotopic (exact) mass is 315 g/mol. The molecule has 1 aromatic rings. The van der Waals surface area contributed by atoms with Gasteiger partial charge in [-0.05, 0) is 37.9 Å². The summed E-state index contributed by atoms with van der Waals surface area (Å²) in [7, 11) is 0. The number of aliphatic hydroxyl groups excluding tert-OH is 1. The van der Waals surface area contributed by atoms with E-state index in [4.69, 9.17) is 11.6 Å². The van der Waals surface area contributed by atoms with Crippen molar-refractivity contribution in [3.8, 4) is 0 Å². The number of hydrogen-bond acceptors (Lipinski definition) is 5. The molecule has 110 valence electrons. The van der Waals surface area contributed by atoms with Gasteiger partial charge >= 0.3 is 0 Å². The Labute approximate surface area is 127 Å². The van der Waals surface area contributed by atoms with E-state index in [1.54, 1.807) is 0 Å². The lowest BCUT2D eigenvalue weighted by Gasteiger charge is -2.25. The van der Waals surface area contributed by atoms with Crippen molar-refractivity contribution in [3.63, 3.8) is 0 Å². The minimum Gasteiger partial charge on any atom is -0.393 e. The predicted octanol–water partition coefficient (Wildman–Crippen LogP) is 2.13. The molecule has 2 N–H and O–H groups in total. The second-order valence-electron chi connectivity index (χ2n) is 4.94. The Balaban J connectivity index is 1.91. The Morgan fingerprint density at radius 2 is 2.20 bits per heavy atom. The number of halogens is 1. The first-order valence-electron chi connectivity index (χ1n) is 6.63. The largest absolute Gasteiger partial charge is 0.393 e. The van der Waals surface area contributed by atoms with Gasteiger partial charge < -0.3 is 10.4 Å². The van der Waals surface area contributed by atoms with Crippen molar-refractivity contribution < 1.29 is 9.90 Å². The summed E-state index contributed by atoms with van der Waals surface area (Å²) in [6.45, 7) is 0.598. The average Bonchev–Trinajstić information content (AvgIpc) is 2.47. The minimum atomic E-state index is -0.265. The SMILES string of the molecule is CSc1ncc(Cl)c(C(=O)NCC2CCC(O)CC2)n1. The highest BCUT2D eigenvalue weighted by Crippen LogP contribution is 2.23. The number of hydrogen-bond donors (Lipinski definition) is 2. The number of nitrogens with one attached hydrogen (secondary N) is 1. The Morgan fingerprint density at radius 3 is 2.85 bits per heavy atom. The zero-order chi connectivity index (χ0) is 14.5. The summed E-state index contributed by atoms with van der Waals surface area (Å²) in [4.78, 5) is 20.2. The molecule has 1 saturated carbocycles. The fourth-order valence-electron chi connectivity index (χ4n) is 2.28. The van der Waals surface area contributed by atoms with Gasteiger partial charge in [0.1, 0.15) is 0 Å². The van der Waals surface area contributed by atoms with E-state index in [1.807, 2.05) is 6.26 Å². The van der Waals surface area contributed by atoms with Crippen LogP contribution in [0.3, 0.4) is 0 Å². The smallest absolute Gasteiger partial charge is 0.271 e. The number of rotatable bonds is 4. The van der Waals surface area contributed by atoms with Gasteiger partial charge in [-0.25, -0.2) is 9.97 Å². The van der Waals surface area contributed by atoms with E-state index in [1.165, 1.54) is 18.0 Å². The van der Waals surface area contributed by atoms with E-state index in [0.717, 1.165) is 25.7 Å². The van der Waals surface area contributed by atoms with Crippen molar-refractivity contribution in [2.75, 3.05) is 12.8 Å². The van der Waals surface area contributed by atoms with Gasteiger partial charge in [0.2, 0.25) is 0 Å². The fraction of sp³-hybridized carbons (Fsp3) is 0.615. The van der Waals surface area contributed by atoms with Crippen LogP contribution in [0.25, 0.3) is 0 Å². The third-order valence-corrected chi connectivity index (χ3v) is 4.33. The molecule has 1 aliphatic carbocycles. The molecular formula is C13H18ClN3O2S. The molecule has 0 spiro atoms. The number of aliphatic hydroxyl groups is 1. The summed E-state index contributed by atoms with van der Waals surface area (Å²) in [5, 5.41) is 13.1. The Kier molecular flexibility index (Phi) is 5.63. The van der Waals surface area contributed by atoms with Gasteiger partial charge in [-0.15, -0.1) is 0 Å². The predicted molar refractivity (Wildman–Crippen MR) is 79.1 cm³/mol. The highest BCUT2D eigenvalue weighted by atomic mass is 35.5. The molecule has 20 heavy (non-hydrogen) atoms. The standard InChI is InChI=1S/C13H18ClN3O2S/c1-20-13-16-7-10(14)11(17-13)12(19)15-6-8-2-4-9(18)5-3-8/h7-9,18H,2-6H2,1H3,(H,15,19). The number of aromatic nitrogens is 2. The molecule has 0 aromatic carbocycles. The highest BCUT2D eigenvalue weighted by Gasteiger charge is 2.21. The fourth-order valence-corrected chi connectivity index (χ4v) is 2.80. The van der Waals surface area contributed by atoms with Crippen molar-refractivity contribution in [2.24, 2.45) is 5.92 Å².